The molecule has 0 aliphatic heterocycles. The fourth-order valence-corrected chi connectivity index (χ4v) is 2.73. The molecular formula is C21H22N4O3. The highest BCUT2D eigenvalue weighted by Crippen LogP contribution is 2.15. The second kappa shape index (κ2) is 8.47. The van der Waals surface area contributed by atoms with Crippen LogP contribution in [0, 0.1) is 6.92 Å². The highest BCUT2D eigenvalue weighted by atomic mass is 16.5. The first kappa shape index (κ1) is 19.3. The molecule has 1 N–H and O–H groups in total. The van der Waals surface area contributed by atoms with Gasteiger partial charge in [-0.05, 0) is 32.4 Å². The third kappa shape index (κ3) is 4.62. The number of rotatable bonds is 6. The molecule has 0 fully saturated rings. The first-order valence-electron chi connectivity index (χ1n) is 8.98. The van der Waals surface area contributed by atoms with E-state index in [9.17, 15) is 9.59 Å². The number of amides is 2. The largest absolute Gasteiger partial charge is 0.360 e. The lowest BCUT2D eigenvalue weighted by Gasteiger charge is -2.27. The smallest absolute Gasteiger partial charge is 0.258 e. The molecule has 0 aliphatic rings. The number of aromatic nitrogens is 2. The highest BCUT2D eigenvalue weighted by Gasteiger charge is 2.21. The lowest BCUT2D eigenvalue weighted by atomic mass is 10.1. The van der Waals surface area contributed by atoms with E-state index < -0.39 is 5.91 Å². The van der Waals surface area contributed by atoms with Crippen LogP contribution >= 0.6 is 0 Å². The quantitative estimate of drug-likeness (QED) is 0.707. The van der Waals surface area contributed by atoms with Gasteiger partial charge >= 0.3 is 0 Å². The Morgan fingerprint density at radius 2 is 1.82 bits per heavy atom. The summed E-state index contributed by atoms with van der Waals surface area (Å²) >= 11 is 0. The van der Waals surface area contributed by atoms with Crippen LogP contribution < -0.4 is 5.32 Å². The maximum Gasteiger partial charge on any atom is 0.258 e. The van der Waals surface area contributed by atoms with Gasteiger partial charge < -0.3 is 14.7 Å². The molecule has 0 saturated carbocycles. The third-order valence-corrected chi connectivity index (χ3v) is 4.20. The molecule has 0 saturated heterocycles. The van der Waals surface area contributed by atoms with E-state index in [2.05, 4.69) is 15.5 Å². The summed E-state index contributed by atoms with van der Waals surface area (Å²) in [5, 5.41) is 6.36. The molecule has 7 heteroatoms. The van der Waals surface area contributed by atoms with Crippen LogP contribution in [0.15, 0.2) is 59.4 Å². The molecule has 7 nitrogen and oxygen atoms in total. The summed E-state index contributed by atoms with van der Waals surface area (Å²) in [5.41, 5.74) is 1.66. The molecular weight excluding hydrogens is 356 g/mol. The first-order chi connectivity index (χ1) is 13.4. The van der Waals surface area contributed by atoms with Crippen LogP contribution in [0.1, 0.15) is 45.9 Å². The Hall–Kier alpha value is -3.48. The molecule has 2 amide bonds. The summed E-state index contributed by atoms with van der Waals surface area (Å²) in [7, 11) is 0. The molecule has 1 aromatic carbocycles. The van der Waals surface area contributed by atoms with Crippen LogP contribution in [0.2, 0.25) is 0 Å². The maximum atomic E-state index is 13.1. The zero-order valence-electron chi connectivity index (χ0n) is 16.0. The molecule has 0 unspecified atom stereocenters. The average Bonchev–Trinajstić information content (AvgIpc) is 3.11. The minimum absolute atomic E-state index is 0.0108. The Balaban J connectivity index is 1.78. The van der Waals surface area contributed by atoms with Gasteiger partial charge in [-0.2, -0.15) is 0 Å². The van der Waals surface area contributed by atoms with Gasteiger partial charge in [-0.3, -0.25) is 14.6 Å². The van der Waals surface area contributed by atoms with Crippen LogP contribution in [-0.4, -0.2) is 32.9 Å². The predicted molar refractivity (Wildman–Crippen MR) is 105 cm³/mol. The highest BCUT2D eigenvalue weighted by molar-refractivity contribution is 6.05. The average molecular weight is 378 g/mol. The summed E-state index contributed by atoms with van der Waals surface area (Å²) in [6.45, 7) is 6.12. The molecule has 0 spiro atoms. The summed E-state index contributed by atoms with van der Waals surface area (Å²) < 4.78 is 4.94. The fourth-order valence-electron chi connectivity index (χ4n) is 2.73. The summed E-state index contributed by atoms with van der Waals surface area (Å²) in [4.78, 5) is 31.3. The van der Waals surface area contributed by atoms with Crippen molar-refractivity contribution in [2.45, 2.75) is 33.4 Å². The molecule has 0 atom stereocenters. The molecule has 3 aromatic rings. The van der Waals surface area contributed by atoms with Crippen molar-refractivity contribution in [3.05, 3.63) is 77.3 Å². The predicted octanol–water partition coefficient (Wildman–Crippen LogP) is 3.68. The van der Waals surface area contributed by atoms with E-state index in [1.54, 1.807) is 17.9 Å². The van der Waals surface area contributed by atoms with Gasteiger partial charge in [0.15, 0.2) is 5.82 Å². The number of anilines is 1. The Bertz CT molecular complexity index is 967. The Kier molecular flexibility index (Phi) is 5.84. The van der Waals surface area contributed by atoms with Crippen LogP contribution in [0.25, 0.3) is 0 Å². The molecule has 28 heavy (non-hydrogen) atoms. The van der Waals surface area contributed by atoms with E-state index in [0.717, 1.165) is 5.56 Å². The number of carbonyl (C=O) groups is 2. The Morgan fingerprint density at radius 1 is 1.11 bits per heavy atom. The lowest BCUT2D eigenvalue weighted by Crippen LogP contribution is -2.36. The zero-order valence-corrected chi connectivity index (χ0v) is 16.0. The van der Waals surface area contributed by atoms with Gasteiger partial charge in [0.25, 0.3) is 11.8 Å². The summed E-state index contributed by atoms with van der Waals surface area (Å²) in [6, 6.07) is 12.9. The van der Waals surface area contributed by atoms with Gasteiger partial charge in [-0.25, -0.2) is 0 Å². The normalized spacial score (nSPS) is 10.7. The van der Waals surface area contributed by atoms with Crippen molar-refractivity contribution in [3.8, 4) is 0 Å². The standard InChI is InChI=1S/C21H22N4O3/c1-14(2)25(13-16-7-5-4-6-8-16)21(27)18-10-17(11-22-12-18)20(26)23-19-9-15(3)28-24-19/h4-12,14H,13H2,1-3H3,(H,23,24,26). The van der Waals surface area contributed by atoms with Crippen molar-refractivity contribution >= 4 is 17.6 Å². The maximum absolute atomic E-state index is 13.1. The van der Waals surface area contributed by atoms with Gasteiger partial charge in [0.05, 0.1) is 11.1 Å². The minimum Gasteiger partial charge on any atom is -0.360 e. The first-order valence-corrected chi connectivity index (χ1v) is 8.98. The molecule has 2 aromatic heterocycles. The third-order valence-electron chi connectivity index (χ3n) is 4.20. The summed E-state index contributed by atoms with van der Waals surface area (Å²) in [6.07, 6.45) is 2.88. The molecule has 0 aliphatic carbocycles. The van der Waals surface area contributed by atoms with E-state index in [1.807, 2.05) is 44.2 Å². The second-order valence-corrected chi connectivity index (χ2v) is 6.75. The van der Waals surface area contributed by atoms with Crippen molar-refractivity contribution in [1.29, 1.82) is 0 Å². The van der Waals surface area contributed by atoms with Crippen molar-refractivity contribution in [1.82, 2.24) is 15.0 Å². The number of aryl methyl sites for hydroxylation is 1. The SMILES string of the molecule is Cc1cc(NC(=O)c2cncc(C(=O)N(Cc3ccccc3)C(C)C)c2)no1. The van der Waals surface area contributed by atoms with E-state index in [1.165, 1.54) is 18.5 Å². The molecule has 0 bridgehead atoms. The van der Waals surface area contributed by atoms with Gasteiger partial charge in [0.1, 0.15) is 5.76 Å². The number of nitrogens with zero attached hydrogens (tertiary/aromatic N) is 3. The van der Waals surface area contributed by atoms with Crippen molar-refractivity contribution in [3.63, 3.8) is 0 Å². The van der Waals surface area contributed by atoms with E-state index in [0.29, 0.717) is 23.7 Å². The van der Waals surface area contributed by atoms with Crippen LogP contribution in [0.5, 0.6) is 0 Å². The van der Waals surface area contributed by atoms with Crippen molar-refractivity contribution in [2.75, 3.05) is 5.32 Å². The minimum atomic E-state index is -0.408. The number of hydrogen-bond donors (Lipinski definition) is 1. The Labute approximate surface area is 163 Å². The van der Waals surface area contributed by atoms with E-state index in [-0.39, 0.29) is 17.5 Å². The Morgan fingerprint density at radius 3 is 2.46 bits per heavy atom. The topological polar surface area (TPSA) is 88.3 Å². The van der Waals surface area contributed by atoms with Crippen LogP contribution in [0.3, 0.4) is 0 Å². The van der Waals surface area contributed by atoms with Crippen molar-refractivity contribution < 1.29 is 14.1 Å². The number of hydrogen-bond acceptors (Lipinski definition) is 5. The molecule has 3 rings (SSSR count). The summed E-state index contributed by atoms with van der Waals surface area (Å²) in [5.74, 6) is 0.311. The van der Waals surface area contributed by atoms with Gasteiger partial charge in [-0.1, -0.05) is 35.5 Å². The lowest BCUT2D eigenvalue weighted by molar-refractivity contribution is 0.0690. The van der Waals surface area contributed by atoms with E-state index >= 15 is 0 Å². The van der Waals surface area contributed by atoms with E-state index in [4.69, 9.17) is 4.52 Å². The zero-order chi connectivity index (χ0) is 20.1. The number of carbonyl (C=O) groups excluding carboxylic acids is 2. The van der Waals surface area contributed by atoms with Gasteiger partial charge in [0.2, 0.25) is 0 Å². The number of pyridine rings is 1. The molecule has 0 radical (unpaired) electrons. The number of benzene rings is 1. The van der Waals surface area contributed by atoms with Gasteiger partial charge in [0, 0.05) is 31.0 Å². The number of nitrogens with one attached hydrogen (secondary N) is 1. The molecule has 144 valence electrons. The van der Waals surface area contributed by atoms with Crippen LogP contribution in [-0.2, 0) is 6.54 Å². The van der Waals surface area contributed by atoms with Gasteiger partial charge in [-0.15, -0.1) is 0 Å². The molecule has 2 heterocycles. The second-order valence-electron chi connectivity index (χ2n) is 6.75. The monoisotopic (exact) mass is 378 g/mol. The van der Waals surface area contributed by atoms with Crippen LogP contribution in [0.4, 0.5) is 5.82 Å². The van der Waals surface area contributed by atoms with Crippen molar-refractivity contribution in [2.24, 2.45) is 0 Å². The fraction of sp³-hybridized carbons (Fsp3) is 0.238.